The number of benzene rings is 2. The number of hydrogen-bond acceptors (Lipinski definition) is 2. The Morgan fingerprint density at radius 1 is 1.19 bits per heavy atom. The Labute approximate surface area is 150 Å². The first kappa shape index (κ1) is 18.0. The van der Waals surface area contributed by atoms with Gasteiger partial charge in [0, 0.05) is 25.1 Å². The van der Waals surface area contributed by atoms with Crippen LogP contribution in [-0.2, 0) is 11.3 Å². The molecule has 0 aromatic heterocycles. The normalized spacial score (nSPS) is 15.2. The van der Waals surface area contributed by atoms with Gasteiger partial charge in [-0.15, -0.1) is 0 Å². The zero-order chi connectivity index (χ0) is 18.7. The molecule has 136 valence electrons. The topological polar surface area (TPSA) is 49.4 Å². The molecule has 2 amide bonds. The van der Waals surface area contributed by atoms with Crippen molar-refractivity contribution in [2.45, 2.75) is 32.4 Å². The van der Waals surface area contributed by atoms with E-state index >= 15 is 0 Å². The second kappa shape index (κ2) is 7.64. The van der Waals surface area contributed by atoms with E-state index in [0.717, 1.165) is 30.7 Å². The van der Waals surface area contributed by atoms with Crippen LogP contribution in [0.5, 0.6) is 0 Å². The summed E-state index contributed by atoms with van der Waals surface area (Å²) in [5.41, 5.74) is 1.83. The lowest BCUT2D eigenvalue weighted by Crippen LogP contribution is -2.27. The number of nitrogens with zero attached hydrogens (tertiary/aromatic N) is 1. The Hall–Kier alpha value is -2.76. The van der Waals surface area contributed by atoms with Crippen molar-refractivity contribution < 1.29 is 18.4 Å². The standard InChI is InChI=1S/C20H20F2N2O2/c1-13(15-7-8-17(21)18(22)11-15)23-20(26)16-5-2-4-14(10-16)12-24-9-3-6-19(24)25/h2,4-5,7-8,10-11,13H,3,6,9,12H2,1H3,(H,23,26)/t13-/m1/s1. The minimum atomic E-state index is -0.944. The highest BCUT2D eigenvalue weighted by atomic mass is 19.2. The smallest absolute Gasteiger partial charge is 0.251 e. The second-order valence-electron chi connectivity index (χ2n) is 6.49. The van der Waals surface area contributed by atoms with E-state index < -0.39 is 17.7 Å². The first-order chi connectivity index (χ1) is 12.4. The fourth-order valence-corrected chi connectivity index (χ4v) is 3.05. The Kier molecular flexibility index (Phi) is 5.30. The number of amides is 2. The molecule has 4 nitrogen and oxygen atoms in total. The molecule has 1 aliphatic rings. The predicted molar refractivity (Wildman–Crippen MR) is 93.3 cm³/mol. The van der Waals surface area contributed by atoms with E-state index in [9.17, 15) is 18.4 Å². The molecule has 1 fully saturated rings. The Morgan fingerprint density at radius 3 is 2.69 bits per heavy atom. The molecule has 1 heterocycles. The van der Waals surface area contributed by atoms with E-state index in [4.69, 9.17) is 0 Å². The fraction of sp³-hybridized carbons (Fsp3) is 0.300. The van der Waals surface area contributed by atoms with E-state index in [1.807, 2.05) is 6.07 Å². The summed E-state index contributed by atoms with van der Waals surface area (Å²) in [5.74, 6) is -2.04. The van der Waals surface area contributed by atoms with Crippen molar-refractivity contribution in [3.8, 4) is 0 Å². The number of carbonyl (C=O) groups excluding carboxylic acids is 2. The number of likely N-dealkylation sites (tertiary alicyclic amines) is 1. The summed E-state index contributed by atoms with van der Waals surface area (Å²) in [7, 11) is 0. The lowest BCUT2D eigenvalue weighted by molar-refractivity contribution is -0.128. The van der Waals surface area contributed by atoms with Crippen LogP contribution in [0.15, 0.2) is 42.5 Å². The van der Waals surface area contributed by atoms with Crippen LogP contribution in [-0.4, -0.2) is 23.3 Å². The van der Waals surface area contributed by atoms with E-state index in [1.54, 1.807) is 30.0 Å². The van der Waals surface area contributed by atoms with Crippen LogP contribution in [0.3, 0.4) is 0 Å². The Balaban J connectivity index is 1.68. The molecule has 2 aromatic rings. The third kappa shape index (κ3) is 4.07. The van der Waals surface area contributed by atoms with Gasteiger partial charge >= 0.3 is 0 Å². The Bertz CT molecular complexity index is 838. The molecular formula is C20H20F2N2O2. The highest BCUT2D eigenvalue weighted by Crippen LogP contribution is 2.18. The molecule has 1 saturated heterocycles. The van der Waals surface area contributed by atoms with Gasteiger partial charge in [-0.25, -0.2) is 8.78 Å². The van der Waals surface area contributed by atoms with Gasteiger partial charge in [0.1, 0.15) is 0 Å². The van der Waals surface area contributed by atoms with E-state index in [0.29, 0.717) is 24.1 Å². The summed E-state index contributed by atoms with van der Waals surface area (Å²) in [5, 5.41) is 2.78. The van der Waals surface area contributed by atoms with E-state index in [1.165, 1.54) is 6.07 Å². The van der Waals surface area contributed by atoms with Crippen LogP contribution in [0, 0.1) is 11.6 Å². The van der Waals surface area contributed by atoms with E-state index in [-0.39, 0.29) is 11.8 Å². The maximum absolute atomic E-state index is 13.4. The van der Waals surface area contributed by atoms with Gasteiger partial charge in [-0.3, -0.25) is 9.59 Å². The van der Waals surface area contributed by atoms with Crippen LogP contribution >= 0.6 is 0 Å². The third-order valence-electron chi connectivity index (χ3n) is 4.53. The lowest BCUT2D eigenvalue weighted by Gasteiger charge is -2.17. The minimum absolute atomic E-state index is 0.131. The van der Waals surface area contributed by atoms with Gasteiger partial charge in [-0.2, -0.15) is 0 Å². The molecule has 0 bridgehead atoms. The highest BCUT2D eigenvalue weighted by molar-refractivity contribution is 5.94. The summed E-state index contributed by atoms with van der Waals surface area (Å²) in [6.07, 6.45) is 1.44. The molecule has 1 N–H and O–H groups in total. The molecule has 1 atom stereocenters. The fourth-order valence-electron chi connectivity index (χ4n) is 3.05. The van der Waals surface area contributed by atoms with Crippen LogP contribution in [0.4, 0.5) is 8.78 Å². The van der Waals surface area contributed by atoms with Crippen molar-refractivity contribution in [2.75, 3.05) is 6.54 Å². The van der Waals surface area contributed by atoms with Gasteiger partial charge in [0.15, 0.2) is 11.6 Å². The lowest BCUT2D eigenvalue weighted by atomic mass is 10.1. The third-order valence-corrected chi connectivity index (χ3v) is 4.53. The maximum Gasteiger partial charge on any atom is 0.251 e. The number of nitrogens with one attached hydrogen (secondary N) is 1. The van der Waals surface area contributed by atoms with Crippen molar-refractivity contribution in [1.29, 1.82) is 0 Å². The van der Waals surface area contributed by atoms with Gasteiger partial charge < -0.3 is 10.2 Å². The minimum Gasteiger partial charge on any atom is -0.346 e. The largest absolute Gasteiger partial charge is 0.346 e. The SMILES string of the molecule is C[C@@H](NC(=O)c1cccc(CN2CCCC2=O)c1)c1ccc(F)c(F)c1. The van der Waals surface area contributed by atoms with Gasteiger partial charge in [-0.05, 0) is 48.7 Å². The second-order valence-corrected chi connectivity index (χ2v) is 6.49. The molecule has 3 rings (SSSR count). The summed E-state index contributed by atoms with van der Waals surface area (Å²) in [6.45, 7) is 2.93. The average Bonchev–Trinajstić information content (AvgIpc) is 3.02. The molecule has 2 aromatic carbocycles. The van der Waals surface area contributed by atoms with Gasteiger partial charge in [-0.1, -0.05) is 18.2 Å². The molecule has 26 heavy (non-hydrogen) atoms. The van der Waals surface area contributed by atoms with Crippen molar-refractivity contribution in [3.63, 3.8) is 0 Å². The molecule has 0 radical (unpaired) electrons. The summed E-state index contributed by atoms with van der Waals surface area (Å²) in [6, 6.07) is 10.2. The summed E-state index contributed by atoms with van der Waals surface area (Å²) < 4.78 is 26.4. The van der Waals surface area contributed by atoms with Crippen molar-refractivity contribution in [3.05, 3.63) is 70.8 Å². The van der Waals surface area contributed by atoms with Crippen LogP contribution in [0.25, 0.3) is 0 Å². The summed E-state index contributed by atoms with van der Waals surface area (Å²) >= 11 is 0. The quantitative estimate of drug-likeness (QED) is 0.888. The highest BCUT2D eigenvalue weighted by Gasteiger charge is 2.20. The predicted octanol–water partition coefficient (Wildman–Crippen LogP) is 3.58. The van der Waals surface area contributed by atoms with Gasteiger partial charge in [0.25, 0.3) is 5.91 Å². The van der Waals surface area contributed by atoms with Crippen LogP contribution in [0.2, 0.25) is 0 Å². The molecule has 0 spiro atoms. The van der Waals surface area contributed by atoms with Crippen LogP contribution in [0.1, 0.15) is 47.3 Å². The van der Waals surface area contributed by atoms with E-state index in [2.05, 4.69) is 5.32 Å². The number of carbonyl (C=O) groups is 2. The Morgan fingerprint density at radius 2 is 2.00 bits per heavy atom. The molecular weight excluding hydrogens is 338 g/mol. The van der Waals surface area contributed by atoms with Gasteiger partial charge in [0.05, 0.1) is 6.04 Å². The summed E-state index contributed by atoms with van der Waals surface area (Å²) in [4.78, 5) is 26.0. The van der Waals surface area contributed by atoms with Crippen molar-refractivity contribution >= 4 is 11.8 Å². The number of hydrogen-bond donors (Lipinski definition) is 1. The van der Waals surface area contributed by atoms with Gasteiger partial charge in [0.2, 0.25) is 5.91 Å². The zero-order valence-electron chi connectivity index (χ0n) is 14.5. The number of rotatable bonds is 5. The molecule has 0 saturated carbocycles. The molecule has 0 aliphatic carbocycles. The van der Waals surface area contributed by atoms with Crippen molar-refractivity contribution in [2.24, 2.45) is 0 Å². The van der Waals surface area contributed by atoms with Crippen molar-refractivity contribution in [1.82, 2.24) is 10.2 Å². The monoisotopic (exact) mass is 358 g/mol. The molecule has 6 heteroatoms. The average molecular weight is 358 g/mol. The first-order valence-electron chi connectivity index (χ1n) is 8.56. The maximum atomic E-state index is 13.4. The number of halogens is 2. The first-order valence-corrected chi connectivity index (χ1v) is 8.56. The molecule has 0 unspecified atom stereocenters. The molecule has 1 aliphatic heterocycles. The zero-order valence-corrected chi connectivity index (χ0v) is 14.5. The van der Waals surface area contributed by atoms with Crippen LogP contribution < -0.4 is 5.32 Å².